The van der Waals surface area contributed by atoms with Gasteiger partial charge in [0.15, 0.2) is 23.0 Å². The van der Waals surface area contributed by atoms with Crippen LogP contribution in [0.1, 0.15) is 0 Å². The SMILES string of the molecule is O=c1[nH]cnc2cc3c(cc12)Oc1ccccc1O3. The van der Waals surface area contributed by atoms with Crippen LogP contribution in [-0.2, 0) is 0 Å². The molecule has 0 aliphatic carbocycles. The van der Waals surface area contributed by atoms with Gasteiger partial charge in [0.1, 0.15) is 0 Å². The van der Waals surface area contributed by atoms with Crippen molar-refractivity contribution in [3.05, 3.63) is 53.1 Å². The molecule has 5 nitrogen and oxygen atoms in total. The van der Waals surface area contributed by atoms with Gasteiger partial charge in [-0.05, 0) is 18.2 Å². The van der Waals surface area contributed by atoms with Crippen molar-refractivity contribution in [2.45, 2.75) is 0 Å². The number of hydrogen-bond donors (Lipinski definition) is 1. The Kier molecular flexibility index (Phi) is 1.91. The molecule has 92 valence electrons. The lowest BCUT2D eigenvalue weighted by molar-refractivity contribution is 0.360. The van der Waals surface area contributed by atoms with Gasteiger partial charge in [-0.2, -0.15) is 0 Å². The van der Waals surface area contributed by atoms with Crippen molar-refractivity contribution in [1.29, 1.82) is 0 Å². The molecule has 0 bridgehead atoms. The molecule has 4 rings (SSSR count). The maximum atomic E-state index is 11.7. The predicted molar refractivity (Wildman–Crippen MR) is 69.0 cm³/mol. The number of nitrogens with one attached hydrogen (secondary N) is 1. The van der Waals surface area contributed by atoms with Gasteiger partial charge in [0, 0.05) is 6.07 Å². The zero-order chi connectivity index (χ0) is 12.8. The van der Waals surface area contributed by atoms with Gasteiger partial charge in [0.25, 0.3) is 5.56 Å². The van der Waals surface area contributed by atoms with E-state index in [1.165, 1.54) is 6.33 Å². The van der Waals surface area contributed by atoms with Crippen LogP contribution in [0, 0.1) is 0 Å². The maximum Gasteiger partial charge on any atom is 0.258 e. The molecular weight excluding hydrogens is 244 g/mol. The van der Waals surface area contributed by atoms with Gasteiger partial charge in [-0.3, -0.25) is 4.79 Å². The first kappa shape index (κ1) is 10.1. The van der Waals surface area contributed by atoms with Crippen molar-refractivity contribution >= 4 is 10.9 Å². The molecule has 1 N–H and O–H groups in total. The molecule has 1 aliphatic rings. The molecule has 3 aromatic rings. The molecule has 0 atom stereocenters. The van der Waals surface area contributed by atoms with Gasteiger partial charge in [-0.25, -0.2) is 4.98 Å². The van der Waals surface area contributed by atoms with E-state index in [1.54, 1.807) is 12.1 Å². The number of benzene rings is 2. The molecule has 0 saturated carbocycles. The molecular formula is C14H8N2O3. The Morgan fingerprint density at radius 3 is 2.37 bits per heavy atom. The Hall–Kier alpha value is -2.82. The van der Waals surface area contributed by atoms with E-state index in [2.05, 4.69) is 9.97 Å². The van der Waals surface area contributed by atoms with E-state index in [0.717, 1.165) is 0 Å². The molecule has 0 fully saturated rings. The van der Waals surface area contributed by atoms with Crippen molar-refractivity contribution in [1.82, 2.24) is 9.97 Å². The van der Waals surface area contributed by atoms with Gasteiger partial charge in [0.05, 0.1) is 17.2 Å². The average Bonchev–Trinajstić information content (AvgIpc) is 2.44. The maximum absolute atomic E-state index is 11.7. The highest BCUT2D eigenvalue weighted by Crippen LogP contribution is 2.45. The molecule has 1 aromatic heterocycles. The second kappa shape index (κ2) is 3.58. The van der Waals surface area contributed by atoms with E-state index in [-0.39, 0.29) is 5.56 Å². The molecule has 0 unspecified atom stereocenters. The fraction of sp³-hybridized carbons (Fsp3) is 0. The third-order valence-corrected chi connectivity index (χ3v) is 2.99. The number of fused-ring (bicyclic) bond motifs is 3. The van der Waals surface area contributed by atoms with Crippen LogP contribution in [-0.4, -0.2) is 9.97 Å². The average molecular weight is 252 g/mol. The quantitative estimate of drug-likeness (QED) is 0.522. The smallest absolute Gasteiger partial charge is 0.258 e. The number of H-pyrrole nitrogens is 1. The first-order valence-corrected chi connectivity index (χ1v) is 5.77. The number of ether oxygens (including phenoxy) is 2. The van der Waals surface area contributed by atoms with Crippen molar-refractivity contribution in [3.63, 3.8) is 0 Å². The summed E-state index contributed by atoms with van der Waals surface area (Å²) in [7, 11) is 0. The second-order valence-corrected chi connectivity index (χ2v) is 4.20. The van der Waals surface area contributed by atoms with Crippen molar-refractivity contribution in [2.24, 2.45) is 0 Å². The summed E-state index contributed by atoms with van der Waals surface area (Å²) in [5.74, 6) is 2.36. The Morgan fingerprint density at radius 1 is 0.947 bits per heavy atom. The zero-order valence-corrected chi connectivity index (χ0v) is 9.71. The van der Waals surface area contributed by atoms with E-state index < -0.39 is 0 Å². The van der Waals surface area contributed by atoms with E-state index in [0.29, 0.717) is 33.9 Å². The molecule has 5 heteroatoms. The molecule has 1 aliphatic heterocycles. The molecule has 0 saturated heterocycles. The highest BCUT2D eigenvalue weighted by molar-refractivity contribution is 5.82. The summed E-state index contributed by atoms with van der Waals surface area (Å²) in [4.78, 5) is 18.4. The zero-order valence-electron chi connectivity index (χ0n) is 9.71. The van der Waals surface area contributed by atoms with Crippen LogP contribution >= 0.6 is 0 Å². The Morgan fingerprint density at radius 2 is 1.63 bits per heavy atom. The van der Waals surface area contributed by atoms with E-state index in [4.69, 9.17) is 9.47 Å². The largest absolute Gasteiger partial charge is 0.449 e. The van der Waals surface area contributed by atoms with Crippen LogP contribution in [0.4, 0.5) is 0 Å². The summed E-state index contributed by atoms with van der Waals surface area (Å²) in [6, 6.07) is 10.7. The summed E-state index contributed by atoms with van der Waals surface area (Å²) >= 11 is 0. The van der Waals surface area contributed by atoms with E-state index in [1.807, 2.05) is 24.3 Å². The van der Waals surface area contributed by atoms with Crippen molar-refractivity contribution in [3.8, 4) is 23.0 Å². The van der Waals surface area contributed by atoms with Gasteiger partial charge in [-0.15, -0.1) is 0 Å². The van der Waals surface area contributed by atoms with Gasteiger partial charge >= 0.3 is 0 Å². The number of nitrogens with zero attached hydrogens (tertiary/aromatic N) is 1. The highest BCUT2D eigenvalue weighted by Gasteiger charge is 2.19. The number of aromatic amines is 1. The Bertz CT molecular complexity index is 855. The second-order valence-electron chi connectivity index (χ2n) is 4.20. The number of para-hydroxylation sites is 2. The van der Waals surface area contributed by atoms with Crippen molar-refractivity contribution in [2.75, 3.05) is 0 Å². The molecule has 0 amide bonds. The highest BCUT2D eigenvalue weighted by atomic mass is 16.6. The lowest BCUT2D eigenvalue weighted by Gasteiger charge is -2.20. The molecule has 2 heterocycles. The molecule has 0 spiro atoms. The number of hydrogen-bond acceptors (Lipinski definition) is 4. The van der Waals surface area contributed by atoms with E-state index >= 15 is 0 Å². The van der Waals surface area contributed by atoms with Gasteiger partial charge < -0.3 is 14.5 Å². The topological polar surface area (TPSA) is 64.2 Å². The first-order chi connectivity index (χ1) is 9.31. The number of aromatic nitrogens is 2. The monoisotopic (exact) mass is 252 g/mol. The normalized spacial score (nSPS) is 12.2. The Labute approximate surface area is 107 Å². The molecule has 0 radical (unpaired) electrons. The summed E-state index contributed by atoms with van der Waals surface area (Å²) in [6.07, 6.45) is 1.37. The Balaban J connectivity index is 1.97. The minimum absolute atomic E-state index is 0.199. The standard InChI is InChI=1S/C14H8N2O3/c17-14-8-5-12-13(6-9(8)15-7-16-14)19-11-4-2-1-3-10(11)18-12/h1-7H,(H,15,16,17). The summed E-state index contributed by atoms with van der Waals surface area (Å²) in [5.41, 5.74) is 0.376. The fourth-order valence-electron chi connectivity index (χ4n) is 2.09. The summed E-state index contributed by atoms with van der Waals surface area (Å²) in [6.45, 7) is 0. The predicted octanol–water partition coefficient (Wildman–Crippen LogP) is 2.82. The summed E-state index contributed by atoms with van der Waals surface area (Å²) in [5, 5.41) is 0.476. The van der Waals surface area contributed by atoms with Crippen LogP contribution < -0.4 is 15.0 Å². The van der Waals surface area contributed by atoms with Crippen LogP contribution in [0.3, 0.4) is 0 Å². The first-order valence-electron chi connectivity index (χ1n) is 5.77. The minimum atomic E-state index is -0.199. The number of rotatable bonds is 0. The van der Waals surface area contributed by atoms with Crippen LogP contribution in [0.25, 0.3) is 10.9 Å². The molecule has 2 aromatic carbocycles. The third-order valence-electron chi connectivity index (χ3n) is 2.99. The lowest BCUT2D eigenvalue weighted by Crippen LogP contribution is -2.07. The van der Waals surface area contributed by atoms with Crippen LogP contribution in [0.2, 0.25) is 0 Å². The summed E-state index contributed by atoms with van der Waals surface area (Å²) < 4.78 is 11.5. The van der Waals surface area contributed by atoms with Gasteiger partial charge in [0.2, 0.25) is 0 Å². The van der Waals surface area contributed by atoms with Gasteiger partial charge in [-0.1, -0.05) is 12.1 Å². The van der Waals surface area contributed by atoms with Crippen LogP contribution in [0.15, 0.2) is 47.5 Å². The van der Waals surface area contributed by atoms with Crippen molar-refractivity contribution < 1.29 is 9.47 Å². The third kappa shape index (κ3) is 1.48. The lowest BCUT2D eigenvalue weighted by atomic mass is 10.2. The fourth-order valence-corrected chi connectivity index (χ4v) is 2.09. The minimum Gasteiger partial charge on any atom is -0.449 e. The molecule has 19 heavy (non-hydrogen) atoms. The van der Waals surface area contributed by atoms with E-state index in [9.17, 15) is 4.79 Å². The van der Waals surface area contributed by atoms with Crippen LogP contribution in [0.5, 0.6) is 23.0 Å².